The number of nitrogens with one attached hydrogen (secondary N) is 1. The first-order valence-electron chi connectivity index (χ1n) is 12.4. The number of halogens is 1. The van der Waals surface area contributed by atoms with E-state index < -0.39 is 16.1 Å². The van der Waals surface area contributed by atoms with Gasteiger partial charge in [0.2, 0.25) is 0 Å². The van der Waals surface area contributed by atoms with Crippen molar-refractivity contribution in [2.24, 2.45) is 5.92 Å². The molecule has 1 aliphatic heterocycles. The summed E-state index contributed by atoms with van der Waals surface area (Å²) in [6, 6.07) is 5.08. The van der Waals surface area contributed by atoms with E-state index in [0.29, 0.717) is 48.6 Å². The minimum absolute atomic E-state index is 0.00285. The van der Waals surface area contributed by atoms with E-state index in [1.165, 1.54) is 24.3 Å². The summed E-state index contributed by atoms with van der Waals surface area (Å²) in [5.74, 6) is 1.63. The van der Waals surface area contributed by atoms with Crippen molar-refractivity contribution in [2.45, 2.75) is 58.1 Å². The van der Waals surface area contributed by atoms with Gasteiger partial charge >= 0.3 is 6.03 Å². The van der Waals surface area contributed by atoms with Crippen LogP contribution < -0.4 is 10.5 Å². The number of aryl methyl sites for hydroxylation is 3. The minimum Gasteiger partial charge on any atom is -0.382 e. The summed E-state index contributed by atoms with van der Waals surface area (Å²) in [7, 11) is -3.96. The predicted octanol–water partition coefficient (Wildman–Crippen LogP) is 4.02. The van der Waals surface area contributed by atoms with Crippen molar-refractivity contribution in [3.63, 3.8) is 0 Å². The molecule has 10 nitrogen and oxygen atoms in total. The zero-order chi connectivity index (χ0) is 26.7. The number of hydrogen-bond donors (Lipinski definition) is 2. The lowest BCUT2D eigenvalue weighted by atomic mass is 9.93. The molecule has 0 unspecified atom stereocenters. The van der Waals surface area contributed by atoms with Crippen molar-refractivity contribution in [3.05, 3.63) is 46.4 Å². The van der Waals surface area contributed by atoms with Crippen LogP contribution in [0.15, 0.2) is 29.2 Å². The topological polar surface area (TPSA) is 132 Å². The molecule has 1 saturated heterocycles. The molecule has 37 heavy (non-hydrogen) atoms. The summed E-state index contributed by atoms with van der Waals surface area (Å²) in [4.78, 5) is 23.4. The number of nitrogens with two attached hydrogens (primary N) is 1. The molecule has 1 aliphatic rings. The number of imidazole rings is 1. The van der Waals surface area contributed by atoms with Crippen molar-refractivity contribution in [2.75, 3.05) is 25.4 Å². The number of likely N-dealkylation sites (tertiary alicyclic amines) is 1. The number of amides is 2. The largest absolute Gasteiger partial charge is 0.382 e. The molecule has 0 atom stereocenters. The van der Waals surface area contributed by atoms with E-state index in [1.54, 1.807) is 4.90 Å². The maximum absolute atomic E-state index is 12.7. The molecular formula is C25H33ClN6O4S. The highest BCUT2D eigenvalue weighted by Crippen LogP contribution is 2.29. The maximum Gasteiger partial charge on any atom is 0.331 e. The van der Waals surface area contributed by atoms with Crippen molar-refractivity contribution >= 4 is 44.5 Å². The molecule has 0 saturated carbocycles. The summed E-state index contributed by atoms with van der Waals surface area (Å²) in [5, 5.41) is 0.423. The fourth-order valence-corrected chi connectivity index (χ4v) is 5.78. The highest BCUT2D eigenvalue weighted by molar-refractivity contribution is 7.90. The number of hydrogen-bond acceptors (Lipinski definition) is 7. The van der Waals surface area contributed by atoms with Gasteiger partial charge in [-0.3, -0.25) is 0 Å². The van der Waals surface area contributed by atoms with Gasteiger partial charge in [-0.05, 0) is 75.8 Å². The molecule has 1 aromatic carbocycles. The van der Waals surface area contributed by atoms with E-state index in [9.17, 15) is 13.2 Å². The van der Waals surface area contributed by atoms with Crippen molar-refractivity contribution < 1.29 is 17.9 Å². The second-order valence-corrected chi connectivity index (χ2v) is 11.4. The Morgan fingerprint density at radius 1 is 1.19 bits per heavy atom. The van der Waals surface area contributed by atoms with Crippen LogP contribution in [0.25, 0.3) is 11.0 Å². The van der Waals surface area contributed by atoms with Gasteiger partial charge in [0.15, 0.2) is 5.82 Å². The third-order valence-corrected chi connectivity index (χ3v) is 8.51. The Hall–Kier alpha value is -2.89. The van der Waals surface area contributed by atoms with Gasteiger partial charge in [0, 0.05) is 37.0 Å². The Kier molecular flexibility index (Phi) is 8.25. The molecule has 0 spiro atoms. The predicted molar refractivity (Wildman–Crippen MR) is 143 cm³/mol. The van der Waals surface area contributed by atoms with Crippen LogP contribution in [0.3, 0.4) is 0 Å². The average Bonchev–Trinajstić information content (AvgIpc) is 3.24. The highest BCUT2D eigenvalue weighted by atomic mass is 35.5. The van der Waals surface area contributed by atoms with Crippen LogP contribution >= 0.6 is 11.6 Å². The second-order valence-electron chi connectivity index (χ2n) is 9.31. The summed E-state index contributed by atoms with van der Waals surface area (Å²) < 4.78 is 35.1. The van der Waals surface area contributed by atoms with E-state index in [-0.39, 0.29) is 4.90 Å². The number of nitrogens with zero attached hydrogens (tertiary/aromatic N) is 4. The van der Waals surface area contributed by atoms with Gasteiger partial charge in [-0.15, -0.1) is 0 Å². The van der Waals surface area contributed by atoms with E-state index in [1.807, 2.05) is 20.8 Å². The molecule has 0 aliphatic carbocycles. The quantitative estimate of drug-likeness (QED) is 0.434. The molecule has 0 bridgehead atoms. The van der Waals surface area contributed by atoms with E-state index in [0.717, 1.165) is 48.4 Å². The number of rotatable bonds is 8. The number of anilines is 1. The fourth-order valence-electron chi connectivity index (χ4n) is 4.68. The zero-order valence-electron chi connectivity index (χ0n) is 21.3. The number of carbonyl (C=O) groups excluding carboxylic acids is 1. The molecule has 200 valence electrons. The lowest BCUT2D eigenvalue weighted by Gasteiger charge is -2.32. The van der Waals surface area contributed by atoms with Gasteiger partial charge in [-0.1, -0.05) is 11.6 Å². The summed E-state index contributed by atoms with van der Waals surface area (Å²) in [5.41, 5.74) is 9.80. The zero-order valence-corrected chi connectivity index (χ0v) is 22.9. The Balaban J connectivity index is 1.39. The lowest BCUT2D eigenvalue weighted by molar-refractivity contribution is 0.125. The number of pyridine rings is 1. The lowest BCUT2D eigenvalue weighted by Crippen LogP contribution is -2.46. The number of carbonyl (C=O) groups is 1. The summed E-state index contributed by atoms with van der Waals surface area (Å²) >= 11 is 5.83. The third-order valence-electron chi connectivity index (χ3n) is 6.92. The van der Waals surface area contributed by atoms with Crippen LogP contribution in [-0.2, 0) is 27.9 Å². The van der Waals surface area contributed by atoms with Crippen LogP contribution in [-0.4, -0.2) is 53.6 Å². The van der Waals surface area contributed by atoms with Crippen LogP contribution in [0.5, 0.6) is 0 Å². The first kappa shape index (κ1) is 27.2. The number of urea groups is 1. The molecule has 12 heteroatoms. The summed E-state index contributed by atoms with van der Waals surface area (Å²) in [6.45, 7) is 8.61. The van der Waals surface area contributed by atoms with E-state index >= 15 is 0 Å². The van der Waals surface area contributed by atoms with E-state index in [2.05, 4.69) is 14.3 Å². The number of nitrogen functional groups attached to an aromatic ring is 1. The van der Waals surface area contributed by atoms with Gasteiger partial charge in [0.05, 0.1) is 10.4 Å². The SMILES string of the molecule is CCOCc1nc2c(N)nc(C)c(C)c2n1CCC1CCN(C(=O)NS(=O)(=O)c2ccc(Cl)cc2)CC1. The van der Waals surface area contributed by atoms with Crippen LogP contribution in [0.1, 0.15) is 43.3 Å². The highest BCUT2D eigenvalue weighted by Gasteiger charge is 2.27. The van der Waals surface area contributed by atoms with E-state index in [4.69, 9.17) is 27.1 Å². The fraction of sp³-hybridized carbons (Fsp3) is 0.480. The Labute approximate surface area is 222 Å². The van der Waals surface area contributed by atoms with Crippen molar-refractivity contribution in [1.82, 2.24) is 24.2 Å². The molecular weight excluding hydrogens is 516 g/mol. The number of fused-ring (bicyclic) bond motifs is 1. The van der Waals surface area contributed by atoms with Gasteiger partial charge in [-0.25, -0.2) is 27.9 Å². The van der Waals surface area contributed by atoms with Gasteiger partial charge in [-0.2, -0.15) is 0 Å². The van der Waals surface area contributed by atoms with Gasteiger partial charge in [0.25, 0.3) is 10.0 Å². The smallest absolute Gasteiger partial charge is 0.331 e. The number of sulfonamides is 1. The molecule has 3 heterocycles. The average molecular weight is 549 g/mol. The molecule has 4 rings (SSSR count). The first-order valence-corrected chi connectivity index (χ1v) is 14.2. The standard InChI is InChI=1S/C25H33ClN6O4S/c1-4-36-15-21-29-22-23(16(2)17(3)28-24(22)27)32(21)14-11-18-9-12-31(13-10-18)25(33)30-37(34,35)20-7-5-19(26)6-8-20/h5-8,18H,4,9-15H2,1-3H3,(H2,27,28)(H,30,33). The second kappa shape index (κ2) is 11.2. The van der Waals surface area contributed by atoms with Crippen molar-refractivity contribution in [3.8, 4) is 0 Å². The van der Waals surface area contributed by atoms with Crippen LogP contribution in [0, 0.1) is 19.8 Å². The van der Waals surface area contributed by atoms with Gasteiger partial charge in [0.1, 0.15) is 17.9 Å². The molecule has 3 N–H and O–H groups in total. The molecule has 1 fully saturated rings. The molecule has 0 radical (unpaired) electrons. The monoisotopic (exact) mass is 548 g/mol. The van der Waals surface area contributed by atoms with Crippen LogP contribution in [0.4, 0.5) is 10.6 Å². The Bertz CT molecular complexity index is 1380. The first-order chi connectivity index (χ1) is 17.6. The Morgan fingerprint density at radius 3 is 2.51 bits per heavy atom. The van der Waals surface area contributed by atoms with Gasteiger partial charge < -0.3 is 19.9 Å². The molecule has 3 aromatic rings. The van der Waals surface area contributed by atoms with Crippen LogP contribution in [0.2, 0.25) is 5.02 Å². The number of aromatic nitrogens is 3. The number of benzene rings is 1. The Morgan fingerprint density at radius 2 is 1.86 bits per heavy atom. The minimum atomic E-state index is -3.96. The number of piperidine rings is 1. The molecule has 2 amide bonds. The molecule has 2 aromatic heterocycles. The normalized spacial score (nSPS) is 14.9. The maximum atomic E-state index is 12.7. The number of ether oxygens (including phenoxy) is 1. The summed E-state index contributed by atoms with van der Waals surface area (Å²) in [6.07, 6.45) is 2.46. The van der Waals surface area contributed by atoms with Crippen molar-refractivity contribution in [1.29, 1.82) is 0 Å². The third kappa shape index (κ3) is 6.00.